The second-order valence-electron chi connectivity index (χ2n) is 2.78. The Bertz CT molecular complexity index is 114. The minimum Gasteiger partial charge on any atom is -0.550 e. The summed E-state index contributed by atoms with van der Waals surface area (Å²) in [5.41, 5.74) is 7.39. The van der Waals surface area contributed by atoms with Crippen LogP contribution in [0.4, 0.5) is 0 Å². The van der Waals surface area contributed by atoms with Crippen molar-refractivity contribution in [3.8, 4) is 0 Å². The Hall–Kier alpha value is -0.610. The molecule has 0 amide bonds. The van der Waals surface area contributed by atoms with E-state index in [1.807, 2.05) is 6.92 Å². The first kappa shape index (κ1) is 9.39. The maximum atomic E-state index is 10.0. The molecule has 0 unspecified atom stereocenters. The van der Waals surface area contributed by atoms with Crippen molar-refractivity contribution in [1.29, 1.82) is 0 Å². The van der Waals surface area contributed by atoms with E-state index in [4.69, 9.17) is 0 Å². The molecule has 0 saturated carbocycles. The molecule has 2 atom stereocenters. The lowest BCUT2D eigenvalue weighted by atomic mass is 10.1. The molecule has 0 aromatic carbocycles. The molecular formula is C6H15N2O2+. The van der Waals surface area contributed by atoms with Gasteiger partial charge in [0.1, 0.15) is 0 Å². The summed E-state index contributed by atoms with van der Waals surface area (Å²) >= 11 is 0. The normalized spacial score (nSPS) is 16.3. The van der Waals surface area contributed by atoms with Crippen LogP contribution in [-0.2, 0) is 4.79 Å². The Morgan fingerprint density at radius 2 is 2.10 bits per heavy atom. The number of hydrogen-bond acceptors (Lipinski definition) is 2. The second kappa shape index (κ2) is 4.24. The molecular weight excluding hydrogens is 132 g/mol. The van der Waals surface area contributed by atoms with Crippen molar-refractivity contribution in [2.24, 2.45) is 0 Å². The largest absolute Gasteiger partial charge is 0.550 e. The molecule has 4 heteroatoms. The third-order valence-electron chi connectivity index (χ3n) is 1.19. The first-order valence-electron chi connectivity index (χ1n) is 3.38. The molecule has 0 rings (SSSR count). The van der Waals surface area contributed by atoms with Crippen molar-refractivity contribution in [1.82, 2.24) is 0 Å². The Morgan fingerprint density at radius 3 is 2.40 bits per heavy atom. The van der Waals surface area contributed by atoms with Crippen molar-refractivity contribution < 1.29 is 21.4 Å². The highest BCUT2D eigenvalue weighted by molar-refractivity contribution is 5.64. The molecule has 0 aliphatic rings. The van der Waals surface area contributed by atoms with Crippen LogP contribution in [0.5, 0.6) is 0 Å². The molecule has 10 heavy (non-hydrogen) atoms. The summed E-state index contributed by atoms with van der Waals surface area (Å²) in [6.07, 6.45) is 0.786. The van der Waals surface area contributed by atoms with Crippen LogP contribution in [0.3, 0.4) is 0 Å². The van der Waals surface area contributed by atoms with Crippen LogP contribution in [0.25, 0.3) is 0 Å². The summed E-state index contributed by atoms with van der Waals surface area (Å²) < 4.78 is 0. The van der Waals surface area contributed by atoms with E-state index in [2.05, 4.69) is 11.5 Å². The summed E-state index contributed by atoms with van der Waals surface area (Å²) in [4.78, 5) is 10.0. The molecule has 0 saturated heterocycles. The average molecular weight is 147 g/mol. The van der Waals surface area contributed by atoms with Gasteiger partial charge in [0.05, 0.1) is 18.5 Å². The Morgan fingerprint density at radius 1 is 1.60 bits per heavy atom. The molecule has 6 N–H and O–H groups in total. The fourth-order valence-electron chi connectivity index (χ4n) is 0.888. The van der Waals surface area contributed by atoms with Gasteiger partial charge in [-0.3, -0.25) is 0 Å². The molecule has 0 bridgehead atoms. The maximum Gasteiger partial charge on any atom is 0.0953 e. The average Bonchev–Trinajstić information content (AvgIpc) is 1.58. The highest BCUT2D eigenvalue weighted by Gasteiger charge is 2.10. The van der Waals surface area contributed by atoms with Crippen molar-refractivity contribution in [3.05, 3.63) is 0 Å². The van der Waals surface area contributed by atoms with E-state index in [1.165, 1.54) is 0 Å². The van der Waals surface area contributed by atoms with E-state index in [0.717, 1.165) is 6.42 Å². The van der Waals surface area contributed by atoms with Crippen LogP contribution in [0, 0.1) is 0 Å². The molecule has 60 valence electrons. The number of carbonyl (C=O) groups is 1. The molecule has 0 fully saturated rings. The van der Waals surface area contributed by atoms with Gasteiger partial charge in [-0.1, -0.05) is 0 Å². The summed E-state index contributed by atoms with van der Waals surface area (Å²) in [6, 6.07) is 0.208. The number of hydrogen-bond donors (Lipinski definition) is 2. The zero-order valence-electron chi connectivity index (χ0n) is 6.30. The number of carboxylic acid groups (broad SMARTS) is 1. The quantitative estimate of drug-likeness (QED) is 0.437. The lowest BCUT2D eigenvalue weighted by molar-refractivity contribution is -0.463. The number of quaternary nitrogens is 2. The second-order valence-corrected chi connectivity index (χ2v) is 2.78. The van der Waals surface area contributed by atoms with Gasteiger partial charge in [0, 0.05) is 12.4 Å². The Balaban J connectivity index is 3.43. The minimum absolute atomic E-state index is 0.0415. The van der Waals surface area contributed by atoms with Gasteiger partial charge in [-0.25, -0.2) is 0 Å². The van der Waals surface area contributed by atoms with Crippen LogP contribution in [0.15, 0.2) is 0 Å². The van der Waals surface area contributed by atoms with Gasteiger partial charge in [0.15, 0.2) is 0 Å². The van der Waals surface area contributed by atoms with Crippen molar-refractivity contribution in [2.45, 2.75) is 31.8 Å². The van der Waals surface area contributed by atoms with E-state index in [1.54, 1.807) is 0 Å². The van der Waals surface area contributed by atoms with Gasteiger partial charge >= 0.3 is 0 Å². The summed E-state index contributed by atoms with van der Waals surface area (Å²) in [5, 5.41) is 10.0. The predicted molar refractivity (Wildman–Crippen MR) is 33.3 cm³/mol. The zero-order valence-corrected chi connectivity index (χ0v) is 6.30. The fraction of sp³-hybridized carbons (Fsp3) is 0.833. The molecule has 4 nitrogen and oxygen atoms in total. The van der Waals surface area contributed by atoms with Gasteiger partial charge < -0.3 is 21.4 Å². The monoisotopic (exact) mass is 147 g/mol. The third kappa shape index (κ3) is 5.53. The molecule has 0 spiro atoms. The number of rotatable bonds is 4. The Labute approximate surface area is 60.2 Å². The van der Waals surface area contributed by atoms with E-state index in [0.29, 0.717) is 0 Å². The molecule has 0 heterocycles. The van der Waals surface area contributed by atoms with Gasteiger partial charge in [0.2, 0.25) is 0 Å². The van der Waals surface area contributed by atoms with E-state index >= 15 is 0 Å². The summed E-state index contributed by atoms with van der Waals surface area (Å²) in [7, 11) is 0. The van der Waals surface area contributed by atoms with Crippen LogP contribution < -0.4 is 16.6 Å². The molecule has 0 aliphatic carbocycles. The highest BCUT2D eigenvalue weighted by Crippen LogP contribution is 1.92. The number of carbonyl (C=O) groups excluding carboxylic acids is 1. The highest BCUT2D eigenvalue weighted by atomic mass is 16.4. The standard InChI is InChI=1S/C6H14N2O2/c1-4(7)2-5(8)3-6(9)10/h4-5H,2-3,7-8H2,1H3,(H,9,10)/p+1/t4-,5-/m1/s1. The third-order valence-corrected chi connectivity index (χ3v) is 1.19. The van der Waals surface area contributed by atoms with E-state index < -0.39 is 5.97 Å². The fourth-order valence-corrected chi connectivity index (χ4v) is 0.888. The zero-order chi connectivity index (χ0) is 8.15. The number of carboxylic acids is 1. The molecule has 0 radical (unpaired) electrons. The summed E-state index contributed by atoms with van der Waals surface area (Å²) in [6.45, 7) is 1.94. The van der Waals surface area contributed by atoms with Gasteiger partial charge in [-0.05, 0) is 6.92 Å². The molecule has 0 aliphatic heterocycles. The molecule has 0 aromatic heterocycles. The summed E-state index contributed by atoms with van der Waals surface area (Å²) in [5.74, 6) is -1.03. The number of aliphatic carboxylic acids is 1. The lowest BCUT2D eigenvalue weighted by Gasteiger charge is -2.08. The van der Waals surface area contributed by atoms with Crippen LogP contribution in [0.2, 0.25) is 0 Å². The first-order valence-corrected chi connectivity index (χ1v) is 3.38. The Kier molecular flexibility index (Phi) is 3.99. The van der Waals surface area contributed by atoms with Crippen molar-refractivity contribution in [3.63, 3.8) is 0 Å². The maximum absolute atomic E-state index is 10.0. The molecule has 0 aromatic rings. The van der Waals surface area contributed by atoms with Gasteiger partial charge in [-0.2, -0.15) is 0 Å². The van der Waals surface area contributed by atoms with E-state index in [9.17, 15) is 9.90 Å². The first-order chi connectivity index (χ1) is 4.52. The SMILES string of the molecule is C[C@@H]([NH3+])C[C@@H]([NH3+])CC(=O)[O-]. The minimum atomic E-state index is -1.03. The lowest BCUT2D eigenvalue weighted by Crippen LogP contribution is -2.68. The van der Waals surface area contributed by atoms with Gasteiger partial charge in [0.25, 0.3) is 0 Å². The van der Waals surface area contributed by atoms with Crippen molar-refractivity contribution >= 4 is 5.97 Å². The van der Waals surface area contributed by atoms with Crippen LogP contribution >= 0.6 is 0 Å². The van der Waals surface area contributed by atoms with Crippen molar-refractivity contribution in [2.75, 3.05) is 0 Å². The predicted octanol–water partition coefficient (Wildman–Crippen LogP) is -3.24. The van der Waals surface area contributed by atoms with Crippen LogP contribution in [-0.4, -0.2) is 18.1 Å². The topological polar surface area (TPSA) is 95.4 Å². The van der Waals surface area contributed by atoms with E-state index in [-0.39, 0.29) is 18.5 Å². The smallest absolute Gasteiger partial charge is 0.0953 e. The van der Waals surface area contributed by atoms with Gasteiger partial charge in [-0.15, -0.1) is 0 Å². The van der Waals surface area contributed by atoms with Crippen LogP contribution in [0.1, 0.15) is 19.8 Å².